The van der Waals surface area contributed by atoms with Crippen LogP contribution >= 0.6 is 0 Å². The van der Waals surface area contributed by atoms with E-state index >= 15 is 0 Å². The zero-order chi connectivity index (χ0) is 20.4. The zero-order valence-corrected chi connectivity index (χ0v) is 14.6. The lowest BCUT2D eigenvalue weighted by atomic mass is 10.0. The molecule has 11 nitrogen and oxygen atoms in total. The highest BCUT2D eigenvalue weighted by molar-refractivity contribution is 5.92. The Hall–Kier alpha value is -2.69. The number of carboxylic acid groups (broad SMARTS) is 3. The second-order valence-corrected chi connectivity index (χ2v) is 6.10. The van der Waals surface area contributed by atoms with Gasteiger partial charge in [-0.1, -0.05) is 13.8 Å². The first kappa shape index (κ1) is 23.3. The standard InChI is InChI=1S/C15H25N3O8/c1-7(2)12(15(25)26)18-14(24)9(4-6-11(21)22)17-13(23)8(16)3-5-10(19)20/h7-9,12H,3-6,16H2,1-2H3,(H,17,23)(H,18,24)(H,19,20)(H,21,22)(H,25,26). The van der Waals surface area contributed by atoms with Crippen LogP contribution in [-0.4, -0.2) is 63.2 Å². The van der Waals surface area contributed by atoms with E-state index in [2.05, 4.69) is 10.6 Å². The number of nitrogens with two attached hydrogens (primary N) is 1. The minimum Gasteiger partial charge on any atom is -0.481 e. The number of amides is 2. The molecule has 0 aliphatic heterocycles. The molecule has 0 aliphatic carbocycles. The minimum atomic E-state index is -1.31. The molecule has 3 unspecified atom stereocenters. The summed E-state index contributed by atoms with van der Waals surface area (Å²) in [5.41, 5.74) is 5.55. The van der Waals surface area contributed by atoms with E-state index in [9.17, 15) is 24.0 Å². The molecule has 0 aromatic carbocycles. The van der Waals surface area contributed by atoms with Gasteiger partial charge in [0.1, 0.15) is 12.1 Å². The number of carbonyl (C=O) groups excluding carboxylic acids is 2. The van der Waals surface area contributed by atoms with Crippen LogP contribution in [0.25, 0.3) is 0 Å². The Balaban J connectivity index is 5.05. The predicted molar refractivity (Wildman–Crippen MR) is 88.1 cm³/mol. The van der Waals surface area contributed by atoms with Crippen molar-refractivity contribution in [1.82, 2.24) is 10.6 Å². The summed E-state index contributed by atoms with van der Waals surface area (Å²) in [4.78, 5) is 56.7. The second-order valence-electron chi connectivity index (χ2n) is 6.10. The topological polar surface area (TPSA) is 196 Å². The molecular formula is C15H25N3O8. The number of rotatable bonds is 12. The fraction of sp³-hybridized carbons (Fsp3) is 0.667. The van der Waals surface area contributed by atoms with Crippen LogP contribution in [0.15, 0.2) is 0 Å². The predicted octanol–water partition coefficient (Wildman–Crippen LogP) is -1.25. The zero-order valence-electron chi connectivity index (χ0n) is 14.6. The van der Waals surface area contributed by atoms with Crippen LogP contribution < -0.4 is 16.4 Å². The summed E-state index contributed by atoms with van der Waals surface area (Å²) >= 11 is 0. The minimum absolute atomic E-state index is 0.168. The summed E-state index contributed by atoms with van der Waals surface area (Å²) in [5, 5.41) is 31.0. The van der Waals surface area contributed by atoms with Gasteiger partial charge >= 0.3 is 17.9 Å². The van der Waals surface area contributed by atoms with Crippen molar-refractivity contribution in [3.05, 3.63) is 0 Å². The van der Waals surface area contributed by atoms with Crippen molar-refractivity contribution in [1.29, 1.82) is 0 Å². The molecule has 148 valence electrons. The van der Waals surface area contributed by atoms with E-state index in [0.29, 0.717) is 0 Å². The first-order valence-corrected chi connectivity index (χ1v) is 7.98. The molecule has 0 aromatic rings. The molecule has 2 amide bonds. The summed E-state index contributed by atoms with van der Waals surface area (Å²) in [6.45, 7) is 3.15. The Morgan fingerprint density at radius 3 is 1.77 bits per heavy atom. The van der Waals surface area contributed by atoms with Crippen LogP contribution in [0.3, 0.4) is 0 Å². The largest absolute Gasteiger partial charge is 0.481 e. The maximum Gasteiger partial charge on any atom is 0.326 e. The van der Waals surface area contributed by atoms with Crippen LogP contribution in [0.1, 0.15) is 39.5 Å². The maximum absolute atomic E-state index is 12.3. The molecule has 11 heteroatoms. The molecular weight excluding hydrogens is 350 g/mol. The van der Waals surface area contributed by atoms with Crippen molar-refractivity contribution in [3.63, 3.8) is 0 Å². The van der Waals surface area contributed by atoms with Gasteiger partial charge in [0.25, 0.3) is 0 Å². The van der Waals surface area contributed by atoms with Crippen molar-refractivity contribution >= 4 is 29.7 Å². The van der Waals surface area contributed by atoms with Gasteiger partial charge in [-0.05, 0) is 18.8 Å². The molecule has 0 aromatic heterocycles. The lowest BCUT2D eigenvalue weighted by Crippen LogP contribution is -2.55. The molecule has 7 N–H and O–H groups in total. The van der Waals surface area contributed by atoms with Crippen molar-refractivity contribution in [2.24, 2.45) is 11.7 Å². The highest BCUT2D eigenvalue weighted by Crippen LogP contribution is 2.06. The van der Waals surface area contributed by atoms with Crippen molar-refractivity contribution in [2.45, 2.75) is 57.7 Å². The Kier molecular flexibility index (Phi) is 9.89. The van der Waals surface area contributed by atoms with E-state index in [4.69, 9.17) is 21.1 Å². The molecule has 26 heavy (non-hydrogen) atoms. The Bertz CT molecular complexity index is 549. The molecule has 0 radical (unpaired) electrons. The number of hydrogen-bond donors (Lipinski definition) is 6. The van der Waals surface area contributed by atoms with Crippen LogP contribution in [-0.2, 0) is 24.0 Å². The second kappa shape index (κ2) is 11.0. The fourth-order valence-corrected chi connectivity index (χ4v) is 1.99. The third kappa shape index (κ3) is 8.97. The molecule has 0 heterocycles. The van der Waals surface area contributed by atoms with Crippen LogP contribution in [0.4, 0.5) is 0 Å². The van der Waals surface area contributed by atoms with Gasteiger partial charge in [-0.3, -0.25) is 19.2 Å². The summed E-state index contributed by atoms with van der Waals surface area (Å²) in [7, 11) is 0. The summed E-state index contributed by atoms with van der Waals surface area (Å²) in [6.07, 6.45) is -1.24. The van der Waals surface area contributed by atoms with E-state index in [1.165, 1.54) is 0 Å². The third-order valence-corrected chi connectivity index (χ3v) is 3.52. The van der Waals surface area contributed by atoms with E-state index in [0.717, 1.165) is 0 Å². The SMILES string of the molecule is CC(C)C(NC(=O)C(CCC(=O)O)NC(=O)C(N)CCC(=O)O)C(=O)O. The van der Waals surface area contributed by atoms with Crippen LogP contribution in [0, 0.1) is 5.92 Å². The highest BCUT2D eigenvalue weighted by atomic mass is 16.4. The Labute approximate surface area is 149 Å². The average Bonchev–Trinajstić information content (AvgIpc) is 2.52. The number of carboxylic acids is 3. The molecule has 0 fully saturated rings. The van der Waals surface area contributed by atoms with E-state index in [-0.39, 0.29) is 19.3 Å². The molecule has 0 aliphatic rings. The van der Waals surface area contributed by atoms with Gasteiger partial charge in [0.15, 0.2) is 0 Å². The van der Waals surface area contributed by atoms with E-state index in [1.54, 1.807) is 13.8 Å². The van der Waals surface area contributed by atoms with Gasteiger partial charge in [0.05, 0.1) is 6.04 Å². The van der Waals surface area contributed by atoms with Gasteiger partial charge < -0.3 is 31.7 Å². The van der Waals surface area contributed by atoms with Gasteiger partial charge in [-0.2, -0.15) is 0 Å². The number of nitrogens with one attached hydrogen (secondary N) is 2. The maximum atomic E-state index is 12.3. The first-order valence-electron chi connectivity index (χ1n) is 7.98. The molecule has 3 atom stereocenters. The van der Waals surface area contributed by atoms with Gasteiger partial charge in [-0.15, -0.1) is 0 Å². The monoisotopic (exact) mass is 375 g/mol. The molecule has 0 bridgehead atoms. The van der Waals surface area contributed by atoms with E-state index < -0.39 is 60.2 Å². The quantitative estimate of drug-likeness (QED) is 0.241. The molecule has 0 spiro atoms. The van der Waals surface area contributed by atoms with Gasteiger partial charge in [-0.25, -0.2) is 4.79 Å². The van der Waals surface area contributed by atoms with Crippen LogP contribution in [0.2, 0.25) is 0 Å². The first-order chi connectivity index (χ1) is 12.0. The number of hydrogen-bond acceptors (Lipinski definition) is 6. The average molecular weight is 375 g/mol. The summed E-state index contributed by atoms with van der Waals surface area (Å²) in [6, 6.07) is -3.73. The lowest BCUT2D eigenvalue weighted by molar-refractivity contribution is -0.144. The summed E-state index contributed by atoms with van der Waals surface area (Å²) < 4.78 is 0. The van der Waals surface area contributed by atoms with Crippen molar-refractivity contribution < 1.29 is 39.3 Å². The normalized spacial score (nSPS) is 14.2. The van der Waals surface area contributed by atoms with Crippen LogP contribution in [0.5, 0.6) is 0 Å². The lowest BCUT2D eigenvalue weighted by Gasteiger charge is -2.24. The molecule has 0 saturated carbocycles. The number of aliphatic carboxylic acids is 3. The third-order valence-electron chi connectivity index (χ3n) is 3.52. The van der Waals surface area contributed by atoms with E-state index in [1.807, 2.05) is 0 Å². The Morgan fingerprint density at radius 2 is 1.35 bits per heavy atom. The Morgan fingerprint density at radius 1 is 0.846 bits per heavy atom. The molecule has 0 saturated heterocycles. The van der Waals surface area contributed by atoms with Crippen molar-refractivity contribution in [2.75, 3.05) is 0 Å². The highest BCUT2D eigenvalue weighted by Gasteiger charge is 2.29. The molecule has 0 rings (SSSR count). The smallest absolute Gasteiger partial charge is 0.326 e. The van der Waals surface area contributed by atoms with Gasteiger partial charge in [0.2, 0.25) is 11.8 Å². The fourth-order valence-electron chi connectivity index (χ4n) is 1.99. The number of carbonyl (C=O) groups is 5. The van der Waals surface area contributed by atoms with Crippen molar-refractivity contribution in [3.8, 4) is 0 Å². The summed E-state index contributed by atoms with van der Waals surface area (Å²) in [5.74, 6) is -5.74. The van der Waals surface area contributed by atoms with Gasteiger partial charge in [0, 0.05) is 12.8 Å².